The van der Waals surface area contributed by atoms with Gasteiger partial charge in [0.15, 0.2) is 0 Å². The standard InChI is InChI=1S/C16H23NO2S/c1-11-6-12(2)8-13(7-11)9-20-10-16(17-3,15(18)19)14-4-5-14/h6-8,14,17H,4-5,9-10H2,1-3H3,(H,18,19). The first-order chi connectivity index (χ1) is 9.48. The Balaban J connectivity index is 1.98. The summed E-state index contributed by atoms with van der Waals surface area (Å²) in [5.41, 5.74) is 3.06. The molecule has 0 spiro atoms. The zero-order chi connectivity index (χ0) is 14.8. The van der Waals surface area contributed by atoms with Crippen molar-refractivity contribution < 1.29 is 9.90 Å². The molecule has 0 aliphatic heterocycles. The number of carboxylic acids is 1. The van der Waals surface area contributed by atoms with E-state index in [4.69, 9.17) is 0 Å². The Morgan fingerprint density at radius 2 is 1.95 bits per heavy atom. The third kappa shape index (κ3) is 3.36. The number of carbonyl (C=O) groups is 1. The lowest BCUT2D eigenvalue weighted by atomic mass is 9.96. The lowest BCUT2D eigenvalue weighted by Crippen LogP contribution is -2.54. The van der Waals surface area contributed by atoms with E-state index in [9.17, 15) is 9.90 Å². The lowest BCUT2D eigenvalue weighted by molar-refractivity contribution is -0.144. The molecule has 110 valence electrons. The van der Waals surface area contributed by atoms with E-state index in [-0.39, 0.29) is 5.92 Å². The quantitative estimate of drug-likeness (QED) is 0.811. The van der Waals surface area contributed by atoms with Gasteiger partial charge < -0.3 is 10.4 Å². The first-order valence-corrected chi connectivity index (χ1v) is 8.20. The fourth-order valence-electron chi connectivity index (χ4n) is 2.80. The minimum absolute atomic E-state index is 0.289. The number of benzene rings is 1. The van der Waals surface area contributed by atoms with Gasteiger partial charge in [0, 0.05) is 11.5 Å². The van der Waals surface area contributed by atoms with E-state index >= 15 is 0 Å². The summed E-state index contributed by atoms with van der Waals surface area (Å²) in [5, 5.41) is 12.6. The highest BCUT2D eigenvalue weighted by molar-refractivity contribution is 7.98. The molecule has 1 unspecified atom stereocenters. The Kier molecular flexibility index (Phi) is 4.76. The summed E-state index contributed by atoms with van der Waals surface area (Å²) in [6.07, 6.45) is 2.05. The van der Waals surface area contributed by atoms with Gasteiger partial charge in [-0.1, -0.05) is 29.3 Å². The van der Waals surface area contributed by atoms with Crippen molar-refractivity contribution in [3.63, 3.8) is 0 Å². The molecule has 0 aromatic heterocycles. The first-order valence-electron chi connectivity index (χ1n) is 7.05. The summed E-state index contributed by atoms with van der Waals surface area (Å²) in [7, 11) is 1.77. The Morgan fingerprint density at radius 1 is 1.35 bits per heavy atom. The number of carboxylic acid groups (broad SMARTS) is 1. The van der Waals surface area contributed by atoms with Crippen LogP contribution in [0.2, 0.25) is 0 Å². The monoisotopic (exact) mass is 293 g/mol. The number of aliphatic carboxylic acids is 1. The van der Waals surface area contributed by atoms with Crippen molar-refractivity contribution in [2.24, 2.45) is 5.92 Å². The van der Waals surface area contributed by atoms with Gasteiger partial charge in [-0.05, 0) is 45.2 Å². The summed E-state index contributed by atoms with van der Waals surface area (Å²) in [5.74, 6) is 1.06. The molecule has 1 aromatic rings. The van der Waals surface area contributed by atoms with Gasteiger partial charge in [0.2, 0.25) is 0 Å². The zero-order valence-corrected chi connectivity index (χ0v) is 13.2. The highest BCUT2D eigenvalue weighted by atomic mass is 32.2. The number of thioether (sulfide) groups is 1. The topological polar surface area (TPSA) is 49.3 Å². The number of rotatable bonds is 7. The minimum atomic E-state index is -0.746. The second kappa shape index (κ2) is 6.19. The third-order valence-corrected chi connectivity index (χ3v) is 5.18. The molecular formula is C16H23NO2S. The number of hydrogen-bond donors (Lipinski definition) is 2. The van der Waals surface area contributed by atoms with E-state index in [1.54, 1.807) is 18.8 Å². The molecule has 1 saturated carbocycles. The van der Waals surface area contributed by atoms with Crippen LogP contribution < -0.4 is 5.32 Å². The van der Waals surface area contributed by atoms with E-state index < -0.39 is 11.5 Å². The van der Waals surface area contributed by atoms with Gasteiger partial charge in [0.25, 0.3) is 0 Å². The Morgan fingerprint density at radius 3 is 2.40 bits per heavy atom. The maximum absolute atomic E-state index is 11.6. The van der Waals surface area contributed by atoms with Crippen LogP contribution in [-0.2, 0) is 10.5 Å². The van der Waals surface area contributed by atoms with Crippen LogP contribution in [0.1, 0.15) is 29.5 Å². The smallest absolute Gasteiger partial charge is 0.325 e. The Bertz CT molecular complexity index is 479. The van der Waals surface area contributed by atoms with Gasteiger partial charge in [-0.3, -0.25) is 4.79 Å². The maximum atomic E-state index is 11.6. The van der Waals surface area contributed by atoms with Crippen LogP contribution in [0.5, 0.6) is 0 Å². The largest absolute Gasteiger partial charge is 0.480 e. The van der Waals surface area contributed by atoms with Crippen LogP contribution in [0, 0.1) is 19.8 Å². The summed E-state index contributed by atoms with van der Waals surface area (Å²) in [4.78, 5) is 11.6. The van der Waals surface area contributed by atoms with E-state index in [1.165, 1.54) is 16.7 Å². The highest BCUT2D eigenvalue weighted by Gasteiger charge is 2.49. The molecule has 0 amide bonds. The summed E-state index contributed by atoms with van der Waals surface area (Å²) in [6.45, 7) is 4.20. The Hall–Kier alpha value is -1.00. The molecule has 0 heterocycles. The van der Waals surface area contributed by atoms with Crippen LogP contribution >= 0.6 is 11.8 Å². The molecular weight excluding hydrogens is 270 g/mol. The van der Waals surface area contributed by atoms with Gasteiger partial charge in [0.05, 0.1) is 0 Å². The molecule has 20 heavy (non-hydrogen) atoms. The fourth-order valence-corrected chi connectivity index (χ4v) is 4.13. The second-order valence-corrected chi connectivity index (χ2v) is 6.78. The molecule has 1 aromatic carbocycles. The summed E-state index contributed by atoms with van der Waals surface area (Å²) >= 11 is 1.71. The third-order valence-electron chi connectivity index (χ3n) is 3.98. The van der Waals surface area contributed by atoms with E-state index in [0.29, 0.717) is 5.75 Å². The molecule has 1 fully saturated rings. The van der Waals surface area contributed by atoms with Crippen LogP contribution in [0.3, 0.4) is 0 Å². The molecule has 1 aliphatic rings. The van der Waals surface area contributed by atoms with Crippen LogP contribution in [0.4, 0.5) is 0 Å². The molecule has 2 N–H and O–H groups in total. The van der Waals surface area contributed by atoms with Crippen molar-refractivity contribution in [1.29, 1.82) is 0 Å². The van der Waals surface area contributed by atoms with Gasteiger partial charge in [-0.25, -0.2) is 0 Å². The van der Waals surface area contributed by atoms with E-state index in [1.807, 2.05) is 0 Å². The maximum Gasteiger partial charge on any atom is 0.325 e. The molecule has 1 aliphatic carbocycles. The number of aryl methyl sites for hydroxylation is 2. The van der Waals surface area contributed by atoms with E-state index in [2.05, 4.69) is 37.4 Å². The zero-order valence-electron chi connectivity index (χ0n) is 12.4. The van der Waals surface area contributed by atoms with Crippen molar-refractivity contribution in [3.05, 3.63) is 34.9 Å². The number of nitrogens with one attached hydrogen (secondary N) is 1. The van der Waals surface area contributed by atoms with Crippen LogP contribution in [0.25, 0.3) is 0 Å². The fraction of sp³-hybridized carbons (Fsp3) is 0.562. The molecule has 1 atom stereocenters. The minimum Gasteiger partial charge on any atom is -0.480 e. The average Bonchev–Trinajstić information content (AvgIpc) is 3.18. The first kappa shape index (κ1) is 15.4. The van der Waals surface area contributed by atoms with Crippen molar-refractivity contribution in [1.82, 2.24) is 5.32 Å². The van der Waals surface area contributed by atoms with Crippen molar-refractivity contribution in [2.45, 2.75) is 38.0 Å². The molecule has 2 rings (SSSR count). The Labute approximate surface area is 125 Å². The van der Waals surface area contributed by atoms with Crippen LogP contribution in [-0.4, -0.2) is 29.4 Å². The lowest BCUT2D eigenvalue weighted by Gasteiger charge is -2.28. The van der Waals surface area contributed by atoms with Gasteiger partial charge in [-0.15, -0.1) is 0 Å². The normalized spacial score (nSPS) is 17.8. The molecule has 0 bridgehead atoms. The van der Waals surface area contributed by atoms with Gasteiger partial charge >= 0.3 is 5.97 Å². The van der Waals surface area contributed by atoms with Crippen molar-refractivity contribution in [2.75, 3.05) is 12.8 Å². The average molecular weight is 293 g/mol. The molecule has 3 nitrogen and oxygen atoms in total. The SMILES string of the molecule is CNC(CSCc1cc(C)cc(C)c1)(C(=O)O)C1CC1. The van der Waals surface area contributed by atoms with E-state index in [0.717, 1.165) is 18.6 Å². The number of hydrogen-bond acceptors (Lipinski definition) is 3. The van der Waals surface area contributed by atoms with Gasteiger partial charge in [0.1, 0.15) is 5.54 Å². The molecule has 4 heteroatoms. The molecule has 0 radical (unpaired) electrons. The highest BCUT2D eigenvalue weighted by Crippen LogP contribution is 2.41. The van der Waals surface area contributed by atoms with Crippen molar-refractivity contribution in [3.8, 4) is 0 Å². The predicted octanol–water partition coefficient (Wildman–Crippen LogP) is 2.99. The summed E-state index contributed by atoms with van der Waals surface area (Å²) < 4.78 is 0. The van der Waals surface area contributed by atoms with Crippen LogP contribution in [0.15, 0.2) is 18.2 Å². The second-order valence-electron chi connectivity index (χ2n) is 5.79. The number of likely N-dealkylation sites (N-methyl/N-ethyl adjacent to an activating group) is 1. The summed E-state index contributed by atoms with van der Waals surface area (Å²) in [6, 6.07) is 6.52. The predicted molar refractivity (Wildman–Crippen MR) is 84.2 cm³/mol. The molecule has 0 saturated heterocycles. The van der Waals surface area contributed by atoms with Gasteiger partial charge in [-0.2, -0.15) is 11.8 Å². The van der Waals surface area contributed by atoms with Crippen molar-refractivity contribution >= 4 is 17.7 Å².